The molecule has 2 N–H and O–H groups in total. The summed E-state index contributed by atoms with van der Waals surface area (Å²) >= 11 is 0. The van der Waals surface area contributed by atoms with Gasteiger partial charge in [-0.15, -0.1) is 0 Å². The van der Waals surface area contributed by atoms with Crippen LogP contribution in [0.1, 0.15) is 21.6 Å². The summed E-state index contributed by atoms with van der Waals surface area (Å²) in [5.74, 6) is -0.909. The quantitative estimate of drug-likeness (QED) is 0.449. The minimum Gasteiger partial charge on any atom is -0.348 e. The lowest BCUT2D eigenvalue weighted by molar-refractivity contribution is -0.111. The smallest absolute Gasteiger partial charge is 0.251 e. The Bertz CT molecular complexity index is 1290. The van der Waals surface area contributed by atoms with Crippen molar-refractivity contribution in [2.75, 3.05) is 5.32 Å². The van der Waals surface area contributed by atoms with Crippen LogP contribution in [0, 0.1) is 5.82 Å². The number of nitrogens with zero attached hydrogens (tertiary/aromatic N) is 2. The van der Waals surface area contributed by atoms with Crippen LogP contribution < -0.4 is 10.6 Å². The van der Waals surface area contributed by atoms with Crippen molar-refractivity contribution in [1.82, 2.24) is 15.3 Å². The number of anilines is 1. The van der Waals surface area contributed by atoms with E-state index in [0.717, 1.165) is 16.6 Å². The predicted molar refractivity (Wildman–Crippen MR) is 121 cm³/mol. The molecule has 0 aliphatic rings. The van der Waals surface area contributed by atoms with Gasteiger partial charge < -0.3 is 10.6 Å². The minimum absolute atomic E-state index is 0.262. The highest BCUT2D eigenvalue weighted by molar-refractivity contribution is 6.02. The molecule has 4 aromatic rings. The summed E-state index contributed by atoms with van der Waals surface area (Å²) in [6.07, 6.45) is 4.57. The van der Waals surface area contributed by atoms with Crippen molar-refractivity contribution < 1.29 is 14.0 Å². The maximum absolute atomic E-state index is 12.9. The van der Waals surface area contributed by atoms with Gasteiger partial charge in [-0.25, -0.2) is 9.37 Å². The first-order valence-electron chi connectivity index (χ1n) is 9.90. The fraction of sp³-hybridized carbons (Fsp3) is 0.0400. The number of para-hydroxylation sites is 2. The molecule has 0 saturated heterocycles. The Morgan fingerprint density at radius 2 is 1.62 bits per heavy atom. The molecule has 7 heteroatoms. The summed E-state index contributed by atoms with van der Waals surface area (Å²) < 4.78 is 12.9. The summed E-state index contributed by atoms with van der Waals surface area (Å²) in [6, 6.07) is 20.0. The molecule has 32 heavy (non-hydrogen) atoms. The van der Waals surface area contributed by atoms with E-state index in [1.54, 1.807) is 48.7 Å². The third kappa shape index (κ3) is 5.40. The molecule has 3 aromatic carbocycles. The van der Waals surface area contributed by atoms with Gasteiger partial charge >= 0.3 is 0 Å². The third-order valence-corrected chi connectivity index (χ3v) is 4.65. The highest BCUT2D eigenvalue weighted by Gasteiger charge is 2.06. The maximum Gasteiger partial charge on any atom is 0.251 e. The van der Waals surface area contributed by atoms with Crippen molar-refractivity contribution in [2.24, 2.45) is 0 Å². The molecule has 0 saturated carbocycles. The second kappa shape index (κ2) is 9.61. The summed E-state index contributed by atoms with van der Waals surface area (Å²) in [6.45, 7) is 0.292. The fourth-order valence-corrected chi connectivity index (χ4v) is 2.99. The molecule has 1 aromatic heterocycles. The Morgan fingerprint density at radius 1 is 0.906 bits per heavy atom. The fourth-order valence-electron chi connectivity index (χ4n) is 2.99. The highest BCUT2D eigenvalue weighted by atomic mass is 19.1. The molecule has 0 fully saturated rings. The number of carbonyl (C=O) groups excluding carboxylic acids is 2. The Kier molecular flexibility index (Phi) is 6.27. The van der Waals surface area contributed by atoms with E-state index in [4.69, 9.17) is 0 Å². The topological polar surface area (TPSA) is 84.0 Å². The van der Waals surface area contributed by atoms with Crippen molar-refractivity contribution in [1.29, 1.82) is 0 Å². The van der Waals surface area contributed by atoms with E-state index in [-0.39, 0.29) is 17.6 Å². The van der Waals surface area contributed by atoms with Gasteiger partial charge in [0.05, 0.1) is 22.9 Å². The molecule has 0 aliphatic heterocycles. The number of halogens is 1. The summed E-state index contributed by atoms with van der Waals surface area (Å²) in [5, 5.41) is 5.51. The molecule has 0 aliphatic carbocycles. The van der Waals surface area contributed by atoms with Crippen LogP contribution >= 0.6 is 0 Å². The van der Waals surface area contributed by atoms with Crippen LogP contribution in [0.4, 0.5) is 10.1 Å². The van der Waals surface area contributed by atoms with Gasteiger partial charge in [-0.1, -0.05) is 24.3 Å². The van der Waals surface area contributed by atoms with Crippen LogP contribution in [-0.4, -0.2) is 21.8 Å². The monoisotopic (exact) mass is 426 g/mol. The van der Waals surface area contributed by atoms with Gasteiger partial charge in [-0.05, 0) is 60.2 Å². The van der Waals surface area contributed by atoms with E-state index in [2.05, 4.69) is 20.6 Å². The Hall–Kier alpha value is -4.39. The molecule has 0 bridgehead atoms. The van der Waals surface area contributed by atoms with Gasteiger partial charge in [0, 0.05) is 23.9 Å². The highest BCUT2D eigenvalue weighted by Crippen LogP contribution is 2.12. The van der Waals surface area contributed by atoms with E-state index < -0.39 is 0 Å². The molecule has 0 radical (unpaired) electrons. The van der Waals surface area contributed by atoms with E-state index in [0.29, 0.717) is 23.5 Å². The molecule has 158 valence electrons. The van der Waals surface area contributed by atoms with Crippen LogP contribution in [0.5, 0.6) is 0 Å². The van der Waals surface area contributed by atoms with Crippen molar-refractivity contribution in [2.45, 2.75) is 6.54 Å². The molecule has 0 atom stereocenters. The molecule has 0 unspecified atom stereocenters. The molecular weight excluding hydrogens is 407 g/mol. The third-order valence-electron chi connectivity index (χ3n) is 4.65. The Balaban J connectivity index is 1.32. The zero-order chi connectivity index (χ0) is 22.3. The van der Waals surface area contributed by atoms with Crippen LogP contribution in [0.25, 0.3) is 17.1 Å². The number of aromatic nitrogens is 2. The SMILES string of the molecule is O=C(/C=C/c1cnc2ccccc2n1)Nc1ccc(C(=O)NCc2ccc(F)cc2)cc1. The molecule has 2 amide bonds. The first-order valence-corrected chi connectivity index (χ1v) is 9.90. The number of amides is 2. The van der Waals surface area contributed by atoms with Crippen molar-refractivity contribution in [3.05, 3.63) is 108 Å². The van der Waals surface area contributed by atoms with Crippen LogP contribution in [-0.2, 0) is 11.3 Å². The number of carbonyl (C=O) groups is 2. The first-order chi connectivity index (χ1) is 15.6. The second-order valence-corrected chi connectivity index (χ2v) is 6.99. The first kappa shape index (κ1) is 20.9. The average Bonchev–Trinajstić information content (AvgIpc) is 2.82. The lowest BCUT2D eigenvalue weighted by atomic mass is 10.1. The van der Waals surface area contributed by atoms with E-state index in [9.17, 15) is 14.0 Å². The van der Waals surface area contributed by atoms with Crippen molar-refractivity contribution in [3.8, 4) is 0 Å². The Labute approximate surface area is 183 Å². The lowest BCUT2D eigenvalue weighted by Gasteiger charge is -2.07. The standard InChI is InChI=1S/C25H19FN4O2/c26-19-9-5-17(6-10-19)15-28-25(32)18-7-11-20(12-8-18)30-24(31)14-13-21-16-27-22-3-1-2-4-23(22)29-21/h1-14,16H,15H2,(H,28,32)(H,30,31)/b14-13+. The second-order valence-electron chi connectivity index (χ2n) is 6.99. The summed E-state index contributed by atoms with van der Waals surface area (Å²) in [7, 11) is 0. The van der Waals surface area contributed by atoms with Crippen LogP contribution in [0.15, 0.2) is 85.1 Å². The number of rotatable bonds is 6. The van der Waals surface area contributed by atoms with Crippen molar-refractivity contribution in [3.63, 3.8) is 0 Å². The molecule has 1 heterocycles. The number of nitrogens with one attached hydrogen (secondary N) is 2. The number of fused-ring (bicyclic) bond motifs is 1. The zero-order valence-electron chi connectivity index (χ0n) is 17.0. The van der Waals surface area contributed by atoms with Crippen molar-refractivity contribution >= 4 is 34.6 Å². The number of hydrogen-bond acceptors (Lipinski definition) is 4. The maximum atomic E-state index is 12.9. The van der Waals surface area contributed by atoms with E-state index in [1.165, 1.54) is 18.2 Å². The lowest BCUT2D eigenvalue weighted by Crippen LogP contribution is -2.22. The minimum atomic E-state index is -0.325. The number of benzene rings is 3. The Morgan fingerprint density at radius 3 is 2.38 bits per heavy atom. The van der Waals surface area contributed by atoms with Gasteiger partial charge in [0.1, 0.15) is 5.82 Å². The van der Waals surface area contributed by atoms with Gasteiger partial charge in [-0.3, -0.25) is 14.6 Å². The molecule has 0 spiro atoms. The molecule has 4 rings (SSSR count). The van der Waals surface area contributed by atoms with E-state index in [1.807, 2.05) is 24.3 Å². The zero-order valence-corrected chi connectivity index (χ0v) is 17.0. The average molecular weight is 426 g/mol. The normalized spacial score (nSPS) is 10.9. The predicted octanol–water partition coefficient (Wildman–Crippen LogP) is 4.35. The molecular formula is C25H19FN4O2. The van der Waals surface area contributed by atoms with Gasteiger partial charge in [-0.2, -0.15) is 0 Å². The summed E-state index contributed by atoms with van der Waals surface area (Å²) in [5.41, 5.74) is 3.92. The van der Waals surface area contributed by atoms with Crippen LogP contribution in [0.3, 0.4) is 0 Å². The largest absolute Gasteiger partial charge is 0.348 e. The van der Waals surface area contributed by atoms with E-state index >= 15 is 0 Å². The number of hydrogen-bond donors (Lipinski definition) is 2. The molecule has 6 nitrogen and oxygen atoms in total. The van der Waals surface area contributed by atoms with Gasteiger partial charge in [0.25, 0.3) is 5.91 Å². The summed E-state index contributed by atoms with van der Waals surface area (Å²) in [4.78, 5) is 33.2. The van der Waals surface area contributed by atoms with Gasteiger partial charge in [0.15, 0.2) is 0 Å². The van der Waals surface area contributed by atoms with Crippen LogP contribution in [0.2, 0.25) is 0 Å². The van der Waals surface area contributed by atoms with Gasteiger partial charge in [0.2, 0.25) is 5.91 Å².